The van der Waals surface area contributed by atoms with Gasteiger partial charge in [-0.2, -0.15) is 0 Å². The SMILES string of the molecule is CCCCCC(=O)O.O=C(CO)[C@@H](O)[C@H](O)[C@H](O)CO. The molecule has 3 atom stereocenters. The van der Waals surface area contributed by atoms with Gasteiger partial charge in [-0.1, -0.05) is 19.8 Å². The molecule has 0 aliphatic carbocycles. The Labute approximate surface area is 117 Å². The fourth-order valence-electron chi connectivity index (χ4n) is 1.13. The van der Waals surface area contributed by atoms with Crippen molar-refractivity contribution in [1.82, 2.24) is 0 Å². The highest BCUT2D eigenvalue weighted by atomic mass is 16.4. The van der Waals surface area contributed by atoms with Crippen LogP contribution in [0.3, 0.4) is 0 Å². The van der Waals surface area contributed by atoms with Crippen LogP contribution in [-0.4, -0.2) is 73.9 Å². The molecule has 20 heavy (non-hydrogen) atoms. The molecule has 120 valence electrons. The maximum absolute atomic E-state index is 10.5. The molecule has 0 aliphatic heterocycles. The van der Waals surface area contributed by atoms with E-state index >= 15 is 0 Å². The van der Waals surface area contributed by atoms with Crippen molar-refractivity contribution in [3.63, 3.8) is 0 Å². The highest BCUT2D eigenvalue weighted by molar-refractivity contribution is 5.84. The van der Waals surface area contributed by atoms with Crippen LogP contribution in [0.15, 0.2) is 0 Å². The third-order valence-electron chi connectivity index (χ3n) is 2.38. The van der Waals surface area contributed by atoms with Crippen LogP contribution in [0.4, 0.5) is 0 Å². The van der Waals surface area contributed by atoms with Gasteiger partial charge in [-0.3, -0.25) is 9.59 Å². The Hall–Kier alpha value is -1.06. The molecule has 0 rings (SSSR count). The number of hydrogen-bond acceptors (Lipinski definition) is 7. The van der Waals surface area contributed by atoms with Crippen molar-refractivity contribution < 1.29 is 40.2 Å². The monoisotopic (exact) mass is 296 g/mol. The fraction of sp³-hybridized carbons (Fsp3) is 0.833. The van der Waals surface area contributed by atoms with Crippen molar-refractivity contribution in [2.24, 2.45) is 0 Å². The van der Waals surface area contributed by atoms with Gasteiger partial charge in [0.2, 0.25) is 0 Å². The van der Waals surface area contributed by atoms with Crippen molar-refractivity contribution >= 4 is 11.8 Å². The summed E-state index contributed by atoms with van der Waals surface area (Å²) in [6.07, 6.45) is -1.94. The van der Waals surface area contributed by atoms with Crippen LogP contribution >= 0.6 is 0 Å². The minimum Gasteiger partial charge on any atom is -0.481 e. The zero-order chi connectivity index (χ0) is 16.1. The van der Waals surface area contributed by atoms with E-state index in [1.165, 1.54) is 0 Å². The third kappa shape index (κ3) is 10.8. The minimum atomic E-state index is -1.86. The van der Waals surface area contributed by atoms with Crippen molar-refractivity contribution in [3.8, 4) is 0 Å². The second-order valence-electron chi connectivity index (χ2n) is 4.16. The predicted octanol–water partition coefficient (Wildman–Crippen LogP) is -1.73. The standard InChI is InChI=1S/C6H12O6.C6H12O2/c7-1-3(9)5(11)6(12)4(10)2-8;1-2-3-4-5-6(7)8/h3,5-9,11-12H,1-2H2;2-5H2,1H3,(H,7,8)/t3-,5-,6-;/m1./s1. The van der Waals surface area contributed by atoms with Crippen LogP contribution in [0, 0.1) is 0 Å². The molecule has 0 heterocycles. The van der Waals surface area contributed by atoms with Crippen LogP contribution < -0.4 is 0 Å². The Balaban J connectivity index is 0. The van der Waals surface area contributed by atoms with Gasteiger partial charge < -0.3 is 30.6 Å². The molecule has 0 amide bonds. The van der Waals surface area contributed by atoms with Crippen molar-refractivity contribution in [2.75, 3.05) is 13.2 Å². The molecule has 0 bridgehead atoms. The number of aliphatic hydroxyl groups is 5. The van der Waals surface area contributed by atoms with Gasteiger partial charge in [0.1, 0.15) is 24.9 Å². The van der Waals surface area contributed by atoms with E-state index < -0.39 is 43.3 Å². The Bertz CT molecular complexity index is 268. The van der Waals surface area contributed by atoms with Gasteiger partial charge in [0.05, 0.1) is 6.61 Å². The molecule has 0 saturated heterocycles. The van der Waals surface area contributed by atoms with E-state index in [1.807, 2.05) is 0 Å². The molecule has 0 unspecified atom stereocenters. The van der Waals surface area contributed by atoms with Gasteiger partial charge in [-0.05, 0) is 6.42 Å². The molecule has 8 heteroatoms. The number of hydrogen-bond donors (Lipinski definition) is 6. The van der Waals surface area contributed by atoms with Crippen LogP contribution in [0.5, 0.6) is 0 Å². The number of rotatable bonds is 9. The molecule has 0 aromatic rings. The van der Waals surface area contributed by atoms with Crippen LogP contribution in [0.1, 0.15) is 32.6 Å². The number of carboxylic acids is 1. The summed E-state index contributed by atoms with van der Waals surface area (Å²) in [5, 5.41) is 51.2. The number of carboxylic acid groups (broad SMARTS) is 1. The molecular formula is C12H24O8. The van der Waals surface area contributed by atoms with E-state index in [-0.39, 0.29) is 0 Å². The normalized spacial score (nSPS) is 14.7. The average molecular weight is 296 g/mol. The molecular weight excluding hydrogens is 272 g/mol. The largest absolute Gasteiger partial charge is 0.481 e. The molecule has 0 aromatic heterocycles. The van der Waals surface area contributed by atoms with Gasteiger partial charge >= 0.3 is 5.97 Å². The molecule has 6 N–H and O–H groups in total. The Morgan fingerprint density at radius 3 is 1.95 bits per heavy atom. The second-order valence-corrected chi connectivity index (χ2v) is 4.16. The summed E-state index contributed by atoms with van der Waals surface area (Å²) in [7, 11) is 0. The number of ketones is 1. The van der Waals surface area contributed by atoms with Crippen molar-refractivity contribution in [3.05, 3.63) is 0 Å². The lowest BCUT2D eigenvalue weighted by Gasteiger charge is -2.19. The van der Waals surface area contributed by atoms with Crippen LogP contribution in [0.2, 0.25) is 0 Å². The number of carbonyl (C=O) groups is 2. The van der Waals surface area contributed by atoms with Gasteiger partial charge in [-0.25, -0.2) is 0 Å². The first-order valence-corrected chi connectivity index (χ1v) is 6.32. The van der Waals surface area contributed by atoms with E-state index in [0.29, 0.717) is 6.42 Å². The highest BCUT2D eigenvalue weighted by Gasteiger charge is 2.28. The lowest BCUT2D eigenvalue weighted by Crippen LogP contribution is -2.44. The Kier molecular flexibility index (Phi) is 13.8. The number of Topliss-reactive ketones (excluding diaryl/α,β-unsaturated/α-hetero) is 1. The van der Waals surface area contributed by atoms with E-state index in [0.717, 1.165) is 19.3 Å². The minimum absolute atomic E-state index is 0.327. The molecule has 0 radical (unpaired) electrons. The fourth-order valence-corrected chi connectivity index (χ4v) is 1.13. The molecule has 0 aromatic carbocycles. The number of carbonyl (C=O) groups excluding carboxylic acids is 1. The molecule has 0 aliphatic rings. The van der Waals surface area contributed by atoms with Gasteiger partial charge in [-0.15, -0.1) is 0 Å². The molecule has 0 saturated carbocycles. The van der Waals surface area contributed by atoms with Gasteiger partial charge in [0, 0.05) is 6.42 Å². The summed E-state index contributed by atoms with van der Waals surface area (Å²) >= 11 is 0. The summed E-state index contributed by atoms with van der Waals surface area (Å²) in [6.45, 7) is 0.370. The van der Waals surface area contributed by atoms with E-state index in [9.17, 15) is 9.59 Å². The molecule has 0 spiro atoms. The second kappa shape index (κ2) is 12.9. The number of aliphatic hydroxyl groups excluding tert-OH is 5. The number of aliphatic carboxylic acids is 1. The maximum atomic E-state index is 10.5. The summed E-state index contributed by atoms with van der Waals surface area (Å²) in [5.74, 6) is -1.69. The first-order valence-electron chi connectivity index (χ1n) is 6.32. The van der Waals surface area contributed by atoms with Crippen LogP contribution in [0.25, 0.3) is 0 Å². The third-order valence-corrected chi connectivity index (χ3v) is 2.38. The number of unbranched alkanes of at least 4 members (excludes halogenated alkanes) is 2. The van der Waals surface area contributed by atoms with Crippen LogP contribution in [-0.2, 0) is 9.59 Å². The highest BCUT2D eigenvalue weighted by Crippen LogP contribution is 2.00. The summed E-state index contributed by atoms with van der Waals surface area (Å²) in [5.41, 5.74) is 0. The quantitative estimate of drug-likeness (QED) is 0.274. The summed E-state index contributed by atoms with van der Waals surface area (Å²) in [6, 6.07) is 0. The Morgan fingerprint density at radius 1 is 1.05 bits per heavy atom. The lowest BCUT2D eigenvalue weighted by molar-refractivity contribution is -0.142. The van der Waals surface area contributed by atoms with Gasteiger partial charge in [0.25, 0.3) is 0 Å². The lowest BCUT2D eigenvalue weighted by atomic mass is 10.1. The Morgan fingerprint density at radius 2 is 1.60 bits per heavy atom. The van der Waals surface area contributed by atoms with Gasteiger partial charge in [0.15, 0.2) is 5.78 Å². The van der Waals surface area contributed by atoms with Crippen molar-refractivity contribution in [1.29, 1.82) is 0 Å². The van der Waals surface area contributed by atoms with E-state index in [4.69, 9.17) is 30.6 Å². The topological polar surface area (TPSA) is 156 Å². The van der Waals surface area contributed by atoms with Crippen molar-refractivity contribution in [2.45, 2.75) is 50.9 Å². The molecule has 8 nitrogen and oxygen atoms in total. The molecule has 0 fully saturated rings. The first kappa shape index (κ1) is 21.2. The summed E-state index contributed by atoms with van der Waals surface area (Å²) in [4.78, 5) is 20.4. The summed E-state index contributed by atoms with van der Waals surface area (Å²) < 4.78 is 0. The predicted molar refractivity (Wildman–Crippen MR) is 69.0 cm³/mol. The maximum Gasteiger partial charge on any atom is 0.303 e. The van der Waals surface area contributed by atoms with E-state index in [2.05, 4.69) is 6.92 Å². The average Bonchev–Trinajstić information content (AvgIpc) is 2.44. The zero-order valence-electron chi connectivity index (χ0n) is 11.5. The first-order chi connectivity index (χ1) is 9.31. The van der Waals surface area contributed by atoms with E-state index in [1.54, 1.807) is 0 Å². The smallest absolute Gasteiger partial charge is 0.303 e. The zero-order valence-corrected chi connectivity index (χ0v) is 11.5.